The summed E-state index contributed by atoms with van der Waals surface area (Å²) in [5, 5.41) is 3.27. The topological polar surface area (TPSA) is 12.9 Å². The molecule has 0 atom stereocenters. The fourth-order valence-electron chi connectivity index (χ4n) is 1.25. The van der Waals surface area contributed by atoms with Crippen LogP contribution < -0.4 is 0 Å². The number of benzene rings is 1. The highest BCUT2D eigenvalue weighted by atomic mass is 35.5. The Kier molecular flexibility index (Phi) is 2.77. The molecule has 0 aliphatic heterocycles. The molecule has 0 aliphatic rings. The fourth-order valence-corrected chi connectivity index (χ4v) is 2.49. The smallest absolute Gasteiger partial charge is 0.0899 e. The first-order valence-corrected chi connectivity index (χ1v) is 5.65. The highest BCUT2D eigenvalue weighted by Crippen LogP contribution is 2.35. The number of hydrogen-bond acceptors (Lipinski definition) is 2. The fraction of sp³-hybridized carbons (Fsp3) is 0.100. The van der Waals surface area contributed by atoms with Crippen LogP contribution in [0.5, 0.6) is 0 Å². The van der Waals surface area contributed by atoms with Gasteiger partial charge in [0.2, 0.25) is 0 Å². The lowest BCUT2D eigenvalue weighted by Crippen LogP contribution is -1.83. The van der Waals surface area contributed by atoms with Crippen LogP contribution in [-0.4, -0.2) is 4.37 Å². The average Bonchev–Trinajstić information content (AvgIpc) is 2.52. The van der Waals surface area contributed by atoms with Crippen molar-refractivity contribution in [3.63, 3.8) is 0 Å². The van der Waals surface area contributed by atoms with Crippen molar-refractivity contribution in [1.82, 2.24) is 4.37 Å². The first-order valence-electron chi connectivity index (χ1n) is 4.05. The summed E-state index contributed by atoms with van der Waals surface area (Å²) in [5.41, 5.74) is 2.81. The molecule has 0 spiro atoms. The van der Waals surface area contributed by atoms with Gasteiger partial charge in [-0.15, -0.1) is 0 Å². The van der Waals surface area contributed by atoms with E-state index in [9.17, 15) is 0 Å². The average molecular weight is 244 g/mol. The predicted octanol–water partition coefficient (Wildman–Crippen LogP) is 4.43. The van der Waals surface area contributed by atoms with E-state index in [1.165, 1.54) is 11.5 Å². The molecule has 4 heteroatoms. The molecule has 1 heterocycles. The van der Waals surface area contributed by atoms with Gasteiger partial charge in [-0.3, -0.25) is 0 Å². The van der Waals surface area contributed by atoms with E-state index in [2.05, 4.69) is 4.37 Å². The van der Waals surface area contributed by atoms with E-state index < -0.39 is 0 Å². The van der Waals surface area contributed by atoms with Crippen LogP contribution in [0.2, 0.25) is 10.0 Å². The van der Waals surface area contributed by atoms with Gasteiger partial charge in [0.05, 0.1) is 15.7 Å². The van der Waals surface area contributed by atoms with Crippen molar-refractivity contribution in [3.05, 3.63) is 39.2 Å². The van der Waals surface area contributed by atoms with Crippen LogP contribution in [0.1, 0.15) is 5.56 Å². The second-order valence-electron chi connectivity index (χ2n) is 2.94. The molecule has 72 valence electrons. The third-order valence-electron chi connectivity index (χ3n) is 1.95. The Balaban J connectivity index is 2.68. The molecule has 14 heavy (non-hydrogen) atoms. The lowest BCUT2D eigenvalue weighted by molar-refractivity contribution is 1.43. The predicted molar refractivity (Wildman–Crippen MR) is 62.3 cm³/mol. The molecule has 0 unspecified atom stereocenters. The minimum atomic E-state index is 0.645. The van der Waals surface area contributed by atoms with Crippen LogP contribution in [0.25, 0.3) is 11.3 Å². The highest BCUT2D eigenvalue weighted by Gasteiger charge is 2.12. The van der Waals surface area contributed by atoms with Gasteiger partial charge in [-0.05, 0) is 36.2 Å². The molecule has 2 aromatic rings. The van der Waals surface area contributed by atoms with Crippen molar-refractivity contribution in [2.24, 2.45) is 0 Å². The summed E-state index contributed by atoms with van der Waals surface area (Å²) in [7, 11) is 0. The van der Waals surface area contributed by atoms with E-state index in [0.717, 1.165) is 16.8 Å². The number of nitrogens with zero attached hydrogens (tertiary/aromatic N) is 1. The summed E-state index contributed by atoms with van der Waals surface area (Å²) in [4.78, 5) is 0. The lowest BCUT2D eigenvalue weighted by Gasteiger charge is -2.04. The maximum atomic E-state index is 6.07. The van der Waals surface area contributed by atoms with Crippen molar-refractivity contribution < 1.29 is 0 Å². The lowest BCUT2D eigenvalue weighted by atomic mass is 10.1. The molecular formula is C10H7Cl2NS. The van der Waals surface area contributed by atoms with E-state index >= 15 is 0 Å². The van der Waals surface area contributed by atoms with Crippen molar-refractivity contribution in [2.45, 2.75) is 6.92 Å². The highest BCUT2D eigenvalue weighted by molar-refractivity contribution is 7.04. The largest absolute Gasteiger partial charge is 0.192 e. The maximum Gasteiger partial charge on any atom is 0.0899 e. The standard InChI is InChI=1S/C10H7Cl2NS/c1-6-5-14-13-10(6)9-7(11)3-2-4-8(9)12/h2-5H,1H3. The maximum absolute atomic E-state index is 6.07. The molecule has 2 rings (SSSR count). The third-order valence-corrected chi connectivity index (χ3v) is 3.32. The molecular weight excluding hydrogens is 237 g/mol. The quantitative estimate of drug-likeness (QED) is 0.723. The van der Waals surface area contributed by atoms with Gasteiger partial charge in [-0.25, -0.2) is 0 Å². The molecule has 0 saturated carbocycles. The Morgan fingerprint density at radius 3 is 2.36 bits per heavy atom. The number of halogens is 2. The third kappa shape index (κ3) is 1.65. The summed E-state index contributed by atoms with van der Waals surface area (Å²) in [6.07, 6.45) is 0. The zero-order chi connectivity index (χ0) is 10.1. The second kappa shape index (κ2) is 3.89. The number of hydrogen-bond donors (Lipinski definition) is 0. The van der Waals surface area contributed by atoms with Crippen LogP contribution in [0.4, 0.5) is 0 Å². The Bertz CT molecular complexity index is 445. The van der Waals surface area contributed by atoms with Crippen molar-refractivity contribution in [3.8, 4) is 11.3 Å². The van der Waals surface area contributed by atoms with Crippen LogP contribution in [-0.2, 0) is 0 Å². The van der Waals surface area contributed by atoms with Crippen LogP contribution in [0.3, 0.4) is 0 Å². The van der Waals surface area contributed by atoms with Crippen LogP contribution in [0, 0.1) is 6.92 Å². The molecule has 0 fully saturated rings. The monoisotopic (exact) mass is 243 g/mol. The minimum Gasteiger partial charge on any atom is -0.192 e. The van der Waals surface area contributed by atoms with E-state index in [4.69, 9.17) is 23.2 Å². The normalized spacial score (nSPS) is 10.5. The van der Waals surface area contributed by atoms with Crippen molar-refractivity contribution >= 4 is 34.7 Å². The second-order valence-corrected chi connectivity index (χ2v) is 4.39. The summed E-state index contributed by atoms with van der Waals surface area (Å²) >= 11 is 13.6. The van der Waals surface area contributed by atoms with Gasteiger partial charge in [0.1, 0.15) is 0 Å². The molecule has 0 radical (unpaired) electrons. The minimum absolute atomic E-state index is 0.645. The van der Waals surface area contributed by atoms with Gasteiger partial charge in [0, 0.05) is 10.9 Å². The summed E-state index contributed by atoms with van der Waals surface area (Å²) in [5.74, 6) is 0. The van der Waals surface area contributed by atoms with Gasteiger partial charge in [0.15, 0.2) is 0 Å². The van der Waals surface area contributed by atoms with E-state index in [-0.39, 0.29) is 0 Å². The molecule has 0 amide bonds. The molecule has 1 aromatic carbocycles. The molecule has 0 aliphatic carbocycles. The van der Waals surface area contributed by atoms with E-state index in [0.29, 0.717) is 10.0 Å². The number of aryl methyl sites for hydroxylation is 1. The van der Waals surface area contributed by atoms with Gasteiger partial charge in [-0.1, -0.05) is 29.3 Å². The van der Waals surface area contributed by atoms with Gasteiger partial charge in [0.25, 0.3) is 0 Å². The Labute approximate surface area is 96.5 Å². The van der Waals surface area contributed by atoms with Crippen molar-refractivity contribution in [1.29, 1.82) is 0 Å². The zero-order valence-electron chi connectivity index (χ0n) is 7.42. The Hall–Kier alpha value is -0.570. The zero-order valence-corrected chi connectivity index (χ0v) is 9.75. The Morgan fingerprint density at radius 2 is 1.86 bits per heavy atom. The first kappa shape index (κ1) is 9.97. The summed E-state index contributed by atoms with van der Waals surface area (Å²) in [6, 6.07) is 5.47. The Morgan fingerprint density at radius 1 is 1.21 bits per heavy atom. The number of aromatic nitrogens is 1. The molecule has 1 nitrogen and oxygen atoms in total. The van der Waals surface area contributed by atoms with Gasteiger partial charge < -0.3 is 0 Å². The van der Waals surface area contributed by atoms with E-state index in [1.807, 2.05) is 30.5 Å². The van der Waals surface area contributed by atoms with Gasteiger partial charge in [-0.2, -0.15) is 4.37 Å². The first-order chi connectivity index (χ1) is 6.70. The number of rotatable bonds is 1. The van der Waals surface area contributed by atoms with Crippen molar-refractivity contribution in [2.75, 3.05) is 0 Å². The van der Waals surface area contributed by atoms with E-state index in [1.54, 1.807) is 0 Å². The molecule has 0 N–H and O–H groups in total. The molecule has 0 saturated heterocycles. The van der Waals surface area contributed by atoms with Gasteiger partial charge >= 0.3 is 0 Å². The SMILES string of the molecule is Cc1csnc1-c1c(Cl)cccc1Cl. The molecule has 0 bridgehead atoms. The summed E-state index contributed by atoms with van der Waals surface area (Å²) < 4.78 is 4.28. The summed E-state index contributed by atoms with van der Waals surface area (Å²) in [6.45, 7) is 2.00. The van der Waals surface area contributed by atoms with Crippen LogP contribution in [0.15, 0.2) is 23.6 Å². The molecule has 1 aromatic heterocycles. The van der Waals surface area contributed by atoms with Crippen LogP contribution >= 0.6 is 34.7 Å².